The van der Waals surface area contributed by atoms with Crippen molar-refractivity contribution >= 4 is 21.8 Å². The van der Waals surface area contributed by atoms with Crippen LogP contribution in [0.25, 0.3) is 0 Å². The third-order valence-corrected chi connectivity index (χ3v) is 6.02. The molecule has 1 fully saturated rings. The molecule has 1 aliphatic heterocycles. The van der Waals surface area contributed by atoms with Gasteiger partial charge in [0.15, 0.2) is 0 Å². The van der Waals surface area contributed by atoms with Gasteiger partial charge in [0.2, 0.25) is 5.91 Å². The highest BCUT2D eigenvalue weighted by Gasteiger charge is 2.34. The number of carbonyl (C=O) groups is 1. The van der Waals surface area contributed by atoms with E-state index >= 15 is 0 Å². The van der Waals surface area contributed by atoms with Crippen LogP contribution in [0.5, 0.6) is 5.75 Å². The molecule has 3 nitrogen and oxygen atoms in total. The van der Waals surface area contributed by atoms with Crippen molar-refractivity contribution in [1.29, 1.82) is 0 Å². The Balaban J connectivity index is 1.57. The zero-order valence-electron chi connectivity index (χ0n) is 12.2. The Labute approximate surface area is 134 Å². The molecule has 0 spiro atoms. The average Bonchev–Trinajstić information content (AvgIpc) is 3.01. The summed E-state index contributed by atoms with van der Waals surface area (Å²) in [6.45, 7) is 1.28. The molecule has 1 heterocycles. The van der Waals surface area contributed by atoms with Crippen molar-refractivity contribution in [2.24, 2.45) is 11.3 Å². The molecule has 4 heteroatoms. The van der Waals surface area contributed by atoms with Crippen LogP contribution in [0.3, 0.4) is 0 Å². The first-order valence-electron chi connectivity index (χ1n) is 7.77. The first-order chi connectivity index (χ1) is 10.2. The highest BCUT2D eigenvalue weighted by atomic mass is 79.9. The molecular formula is C17H22BrNO2. The SMILES string of the molecule is O=C(NCC1(CBr)CCCC1)C1COc2ccccc2C1. The fraction of sp³-hybridized carbons (Fsp3) is 0.588. The zero-order chi connectivity index (χ0) is 14.7. The molecule has 2 aliphatic rings. The number of alkyl halides is 1. The zero-order valence-corrected chi connectivity index (χ0v) is 13.8. The average molecular weight is 352 g/mol. The second-order valence-electron chi connectivity index (χ2n) is 6.38. The minimum Gasteiger partial charge on any atom is -0.492 e. The lowest BCUT2D eigenvalue weighted by Gasteiger charge is -2.29. The Bertz CT molecular complexity index is 511. The van der Waals surface area contributed by atoms with Gasteiger partial charge in [0, 0.05) is 11.9 Å². The van der Waals surface area contributed by atoms with E-state index in [1.807, 2.05) is 24.3 Å². The van der Waals surface area contributed by atoms with Crippen LogP contribution in [0.15, 0.2) is 24.3 Å². The Hall–Kier alpha value is -1.03. The molecule has 1 amide bonds. The van der Waals surface area contributed by atoms with E-state index in [0.717, 1.165) is 29.6 Å². The Morgan fingerprint density at radius 1 is 1.33 bits per heavy atom. The first-order valence-corrected chi connectivity index (χ1v) is 8.89. The number of fused-ring (bicyclic) bond motifs is 1. The summed E-state index contributed by atoms with van der Waals surface area (Å²) in [6, 6.07) is 7.99. The van der Waals surface area contributed by atoms with E-state index in [4.69, 9.17) is 4.74 Å². The molecule has 114 valence electrons. The van der Waals surface area contributed by atoms with Crippen molar-refractivity contribution < 1.29 is 9.53 Å². The second kappa shape index (κ2) is 6.39. The molecule has 0 aromatic heterocycles. The van der Waals surface area contributed by atoms with Crippen molar-refractivity contribution in [1.82, 2.24) is 5.32 Å². The van der Waals surface area contributed by atoms with E-state index in [-0.39, 0.29) is 17.2 Å². The quantitative estimate of drug-likeness (QED) is 0.845. The molecule has 1 aliphatic carbocycles. The first kappa shape index (κ1) is 14.9. The molecule has 0 saturated heterocycles. The molecule has 0 bridgehead atoms. The molecule has 1 unspecified atom stereocenters. The predicted octanol–water partition coefficient (Wildman–Crippen LogP) is 3.31. The number of hydrogen-bond donors (Lipinski definition) is 1. The summed E-state index contributed by atoms with van der Waals surface area (Å²) >= 11 is 3.62. The second-order valence-corrected chi connectivity index (χ2v) is 6.94. The maximum absolute atomic E-state index is 12.4. The number of amides is 1. The van der Waals surface area contributed by atoms with Gasteiger partial charge in [0.05, 0.1) is 5.92 Å². The van der Waals surface area contributed by atoms with Gasteiger partial charge >= 0.3 is 0 Å². The summed E-state index contributed by atoms with van der Waals surface area (Å²) in [7, 11) is 0. The van der Waals surface area contributed by atoms with Gasteiger partial charge < -0.3 is 10.1 Å². The van der Waals surface area contributed by atoms with Crippen molar-refractivity contribution in [2.75, 3.05) is 18.5 Å². The maximum Gasteiger partial charge on any atom is 0.226 e. The fourth-order valence-corrected chi connectivity index (χ4v) is 4.16. The van der Waals surface area contributed by atoms with E-state index in [9.17, 15) is 4.79 Å². The highest BCUT2D eigenvalue weighted by molar-refractivity contribution is 9.09. The minimum absolute atomic E-state index is 0.0614. The van der Waals surface area contributed by atoms with Gasteiger partial charge in [0.1, 0.15) is 12.4 Å². The Kier molecular flexibility index (Phi) is 4.53. The lowest BCUT2D eigenvalue weighted by molar-refractivity contribution is -0.126. The monoisotopic (exact) mass is 351 g/mol. The van der Waals surface area contributed by atoms with Crippen LogP contribution in [-0.4, -0.2) is 24.4 Å². The van der Waals surface area contributed by atoms with E-state index < -0.39 is 0 Å². The molecule has 3 rings (SSSR count). The summed E-state index contributed by atoms with van der Waals surface area (Å²) in [4.78, 5) is 12.4. The molecule has 1 aromatic rings. The van der Waals surface area contributed by atoms with Gasteiger partial charge in [-0.1, -0.05) is 47.0 Å². The van der Waals surface area contributed by atoms with Gasteiger partial charge in [-0.25, -0.2) is 0 Å². The van der Waals surface area contributed by atoms with Crippen molar-refractivity contribution in [3.8, 4) is 5.75 Å². The summed E-state index contributed by atoms with van der Waals surface area (Å²) in [5.41, 5.74) is 1.41. The summed E-state index contributed by atoms with van der Waals surface area (Å²) in [5, 5.41) is 4.14. The maximum atomic E-state index is 12.4. The van der Waals surface area contributed by atoms with Crippen molar-refractivity contribution in [3.63, 3.8) is 0 Å². The van der Waals surface area contributed by atoms with Crippen LogP contribution in [-0.2, 0) is 11.2 Å². The van der Waals surface area contributed by atoms with Crippen molar-refractivity contribution in [3.05, 3.63) is 29.8 Å². The van der Waals surface area contributed by atoms with Gasteiger partial charge in [-0.05, 0) is 36.3 Å². The van der Waals surface area contributed by atoms with Gasteiger partial charge in [-0.3, -0.25) is 4.79 Å². The largest absolute Gasteiger partial charge is 0.492 e. The summed E-state index contributed by atoms with van der Waals surface area (Å²) in [5.74, 6) is 1.000. The summed E-state index contributed by atoms with van der Waals surface area (Å²) in [6.07, 6.45) is 5.76. The van der Waals surface area contributed by atoms with Crippen LogP contribution in [0.1, 0.15) is 31.2 Å². The number of hydrogen-bond acceptors (Lipinski definition) is 2. The molecule has 1 aromatic carbocycles. The number of nitrogens with one attached hydrogen (secondary N) is 1. The lowest BCUT2D eigenvalue weighted by Crippen LogP contribution is -2.42. The smallest absolute Gasteiger partial charge is 0.226 e. The molecule has 1 saturated carbocycles. The molecule has 0 radical (unpaired) electrons. The van der Waals surface area contributed by atoms with E-state index in [0.29, 0.717) is 6.61 Å². The standard InChI is InChI=1S/C17H22BrNO2/c18-11-17(7-3-4-8-17)12-19-16(20)14-9-13-5-1-2-6-15(13)21-10-14/h1-2,5-6,14H,3-4,7-12H2,(H,19,20). The number of carbonyl (C=O) groups excluding carboxylic acids is 1. The minimum atomic E-state index is -0.0614. The number of benzene rings is 1. The number of rotatable bonds is 4. The number of halogens is 1. The summed E-state index contributed by atoms with van der Waals surface area (Å²) < 4.78 is 5.71. The third-order valence-electron chi connectivity index (χ3n) is 4.84. The number of ether oxygens (including phenoxy) is 1. The molecule has 1 atom stereocenters. The topological polar surface area (TPSA) is 38.3 Å². The molecular weight excluding hydrogens is 330 g/mol. The van der Waals surface area contributed by atoms with Gasteiger partial charge in [-0.2, -0.15) is 0 Å². The van der Waals surface area contributed by atoms with Gasteiger partial charge in [0.25, 0.3) is 0 Å². The normalized spacial score (nSPS) is 23.2. The molecule has 21 heavy (non-hydrogen) atoms. The Morgan fingerprint density at radius 2 is 2.10 bits per heavy atom. The van der Waals surface area contributed by atoms with E-state index in [1.54, 1.807) is 0 Å². The van der Waals surface area contributed by atoms with Crippen LogP contribution in [0, 0.1) is 11.3 Å². The lowest BCUT2D eigenvalue weighted by atomic mass is 9.88. The van der Waals surface area contributed by atoms with Crippen LogP contribution >= 0.6 is 15.9 Å². The third kappa shape index (κ3) is 3.25. The van der Waals surface area contributed by atoms with Crippen LogP contribution < -0.4 is 10.1 Å². The molecule has 1 N–H and O–H groups in total. The van der Waals surface area contributed by atoms with E-state index in [1.165, 1.54) is 25.7 Å². The predicted molar refractivity (Wildman–Crippen MR) is 86.8 cm³/mol. The Morgan fingerprint density at radius 3 is 2.86 bits per heavy atom. The van der Waals surface area contributed by atoms with Crippen LogP contribution in [0.4, 0.5) is 0 Å². The van der Waals surface area contributed by atoms with Gasteiger partial charge in [-0.15, -0.1) is 0 Å². The fourth-order valence-electron chi connectivity index (χ4n) is 3.40. The highest BCUT2D eigenvalue weighted by Crippen LogP contribution is 2.39. The van der Waals surface area contributed by atoms with E-state index in [2.05, 4.69) is 21.2 Å². The number of para-hydroxylation sites is 1. The van der Waals surface area contributed by atoms with Crippen molar-refractivity contribution in [2.45, 2.75) is 32.1 Å². The van der Waals surface area contributed by atoms with Crippen LogP contribution in [0.2, 0.25) is 0 Å².